The first-order valence-electron chi connectivity index (χ1n) is 6.77. The number of aliphatic carboxylic acids is 1. The van der Waals surface area contributed by atoms with Gasteiger partial charge in [0.05, 0.1) is 5.02 Å². The van der Waals surface area contributed by atoms with Crippen molar-refractivity contribution >= 4 is 34.8 Å². The second kappa shape index (κ2) is 7.09. The van der Waals surface area contributed by atoms with E-state index in [1.807, 2.05) is 16.3 Å². The average Bonchev–Trinajstić information content (AvgIpc) is 2.82. The van der Waals surface area contributed by atoms with Crippen molar-refractivity contribution in [3.63, 3.8) is 0 Å². The van der Waals surface area contributed by atoms with Crippen LogP contribution < -0.4 is 0 Å². The number of likely N-dealkylation sites (tertiary alicyclic amines) is 1. The molecule has 0 saturated carbocycles. The number of halogens is 1. The second-order valence-electron chi connectivity index (χ2n) is 5.15. The molecule has 2 heterocycles. The van der Waals surface area contributed by atoms with Crippen LogP contribution in [-0.4, -0.2) is 35.0 Å². The highest BCUT2D eigenvalue weighted by atomic mass is 35.5. The summed E-state index contributed by atoms with van der Waals surface area (Å²) in [5.74, 6) is -0.375. The fraction of sp³-hybridized carbons (Fsp3) is 0.571. The third kappa shape index (κ3) is 4.49. The number of amides is 1. The number of carboxylic acids is 1. The monoisotopic (exact) mass is 315 g/mol. The largest absolute Gasteiger partial charge is 0.481 e. The lowest BCUT2D eigenvalue weighted by Gasteiger charge is -2.31. The van der Waals surface area contributed by atoms with Crippen LogP contribution in [0.5, 0.6) is 0 Å². The molecule has 20 heavy (non-hydrogen) atoms. The van der Waals surface area contributed by atoms with Crippen LogP contribution in [0.4, 0.5) is 0 Å². The summed E-state index contributed by atoms with van der Waals surface area (Å²) in [5, 5.41) is 11.4. The topological polar surface area (TPSA) is 57.6 Å². The zero-order chi connectivity index (χ0) is 14.5. The summed E-state index contributed by atoms with van der Waals surface area (Å²) in [5.41, 5.74) is 0. The lowest BCUT2D eigenvalue weighted by atomic mass is 9.93. The molecule has 110 valence electrons. The van der Waals surface area contributed by atoms with Gasteiger partial charge in [0.2, 0.25) is 5.91 Å². The van der Waals surface area contributed by atoms with Gasteiger partial charge in [0.15, 0.2) is 0 Å². The molecule has 1 saturated heterocycles. The number of hydrogen-bond donors (Lipinski definition) is 1. The summed E-state index contributed by atoms with van der Waals surface area (Å²) in [7, 11) is 0. The average molecular weight is 316 g/mol. The van der Waals surface area contributed by atoms with Crippen LogP contribution >= 0.6 is 22.9 Å². The highest BCUT2D eigenvalue weighted by Crippen LogP contribution is 2.23. The van der Waals surface area contributed by atoms with E-state index < -0.39 is 5.97 Å². The van der Waals surface area contributed by atoms with Crippen LogP contribution in [0.1, 0.15) is 30.6 Å². The van der Waals surface area contributed by atoms with E-state index >= 15 is 0 Å². The fourth-order valence-corrected chi connectivity index (χ4v) is 3.58. The van der Waals surface area contributed by atoms with E-state index in [2.05, 4.69) is 0 Å². The molecule has 6 heteroatoms. The zero-order valence-corrected chi connectivity index (χ0v) is 12.8. The van der Waals surface area contributed by atoms with E-state index in [9.17, 15) is 9.59 Å². The van der Waals surface area contributed by atoms with Gasteiger partial charge in [0.25, 0.3) is 0 Å². The summed E-state index contributed by atoms with van der Waals surface area (Å²) < 4.78 is 0. The fourth-order valence-electron chi connectivity index (χ4n) is 2.51. The molecule has 0 spiro atoms. The smallest absolute Gasteiger partial charge is 0.303 e. The minimum absolute atomic E-state index is 0.156. The van der Waals surface area contributed by atoms with Gasteiger partial charge in [-0.15, -0.1) is 11.3 Å². The van der Waals surface area contributed by atoms with E-state index in [0.29, 0.717) is 19.5 Å². The number of thiophene rings is 1. The predicted molar refractivity (Wildman–Crippen MR) is 79.2 cm³/mol. The first-order chi connectivity index (χ1) is 9.54. The van der Waals surface area contributed by atoms with Gasteiger partial charge in [-0.2, -0.15) is 0 Å². The zero-order valence-electron chi connectivity index (χ0n) is 11.2. The van der Waals surface area contributed by atoms with Crippen LogP contribution in [0.25, 0.3) is 0 Å². The normalized spacial score (nSPS) is 16.4. The van der Waals surface area contributed by atoms with Gasteiger partial charge in [-0.1, -0.05) is 11.6 Å². The van der Waals surface area contributed by atoms with Gasteiger partial charge in [0.1, 0.15) is 0 Å². The van der Waals surface area contributed by atoms with E-state index in [1.54, 1.807) is 11.3 Å². The molecule has 0 atom stereocenters. The van der Waals surface area contributed by atoms with Crippen molar-refractivity contribution in [1.82, 2.24) is 4.90 Å². The molecule has 0 aliphatic carbocycles. The van der Waals surface area contributed by atoms with E-state index in [4.69, 9.17) is 16.7 Å². The number of nitrogens with zero attached hydrogens (tertiary/aromatic N) is 1. The van der Waals surface area contributed by atoms with Crippen LogP contribution in [0.3, 0.4) is 0 Å². The van der Waals surface area contributed by atoms with Crippen molar-refractivity contribution in [2.45, 2.75) is 32.1 Å². The van der Waals surface area contributed by atoms with Crippen molar-refractivity contribution < 1.29 is 14.7 Å². The Morgan fingerprint density at radius 3 is 2.65 bits per heavy atom. The van der Waals surface area contributed by atoms with E-state index in [0.717, 1.165) is 29.2 Å². The predicted octanol–water partition coefficient (Wildman–Crippen LogP) is 3.05. The summed E-state index contributed by atoms with van der Waals surface area (Å²) >= 11 is 7.43. The Balaban J connectivity index is 1.73. The van der Waals surface area contributed by atoms with E-state index in [-0.39, 0.29) is 18.2 Å². The Morgan fingerprint density at radius 1 is 1.40 bits per heavy atom. The highest BCUT2D eigenvalue weighted by Gasteiger charge is 2.24. The molecular formula is C14H18ClNO3S. The lowest BCUT2D eigenvalue weighted by molar-refractivity contribution is -0.138. The molecule has 1 aromatic rings. The summed E-state index contributed by atoms with van der Waals surface area (Å²) in [6.45, 7) is 1.37. The number of aryl methyl sites for hydroxylation is 1. The quantitative estimate of drug-likeness (QED) is 0.908. The SMILES string of the molecule is O=C(O)CC1CCN(C(=O)CCc2cc(Cl)cs2)CC1. The van der Waals surface area contributed by atoms with Gasteiger partial charge in [-0.3, -0.25) is 9.59 Å². The van der Waals surface area contributed by atoms with Gasteiger partial charge >= 0.3 is 5.97 Å². The maximum Gasteiger partial charge on any atom is 0.303 e. The summed E-state index contributed by atoms with van der Waals surface area (Å²) in [6, 6.07) is 1.90. The van der Waals surface area contributed by atoms with Gasteiger partial charge in [-0.25, -0.2) is 0 Å². The van der Waals surface area contributed by atoms with Crippen LogP contribution in [0, 0.1) is 5.92 Å². The number of carbonyl (C=O) groups is 2. The number of rotatable bonds is 5. The van der Waals surface area contributed by atoms with Crippen LogP contribution in [0.2, 0.25) is 5.02 Å². The third-order valence-corrected chi connectivity index (χ3v) is 4.98. The van der Waals surface area contributed by atoms with E-state index in [1.165, 1.54) is 0 Å². The molecule has 0 bridgehead atoms. The molecule has 1 aliphatic heterocycles. The number of piperidine rings is 1. The molecule has 0 radical (unpaired) electrons. The molecule has 1 aliphatic rings. The Hall–Kier alpha value is -1.07. The maximum atomic E-state index is 12.1. The lowest BCUT2D eigenvalue weighted by Crippen LogP contribution is -2.39. The molecule has 1 N–H and O–H groups in total. The Labute approximate surface area is 127 Å². The third-order valence-electron chi connectivity index (χ3n) is 3.64. The highest BCUT2D eigenvalue weighted by molar-refractivity contribution is 7.10. The molecule has 0 aromatic carbocycles. The molecule has 0 unspecified atom stereocenters. The number of carbonyl (C=O) groups excluding carboxylic acids is 1. The first kappa shape index (κ1) is 15.3. The Kier molecular flexibility index (Phi) is 5.43. The van der Waals surface area contributed by atoms with Crippen molar-refractivity contribution in [3.05, 3.63) is 21.3 Å². The molecule has 1 fully saturated rings. The van der Waals surface area contributed by atoms with Crippen molar-refractivity contribution in [2.75, 3.05) is 13.1 Å². The Morgan fingerprint density at radius 2 is 2.10 bits per heavy atom. The molecule has 1 aromatic heterocycles. The molecular weight excluding hydrogens is 298 g/mol. The minimum Gasteiger partial charge on any atom is -0.481 e. The van der Waals surface area contributed by atoms with Gasteiger partial charge in [-0.05, 0) is 31.2 Å². The van der Waals surface area contributed by atoms with Crippen LogP contribution in [0.15, 0.2) is 11.4 Å². The number of hydrogen-bond acceptors (Lipinski definition) is 3. The molecule has 4 nitrogen and oxygen atoms in total. The van der Waals surface area contributed by atoms with Gasteiger partial charge in [0, 0.05) is 36.2 Å². The summed E-state index contributed by atoms with van der Waals surface area (Å²) in [4.78, 5) is 25.7. The van der Waals surface area contributed by atoms with Crippen molar-refractivity contribution in [1.29, 1.82) is 0 Å². The summed E-state index contributed by atoms with van der Waals surface area (Å²) in [6.07, 6.45) is 3.03. The van der Waals surface area contributed by atoms with Crippen LogP contribution in [-0.2, 0) is 16.0 Å². The molecule has 2 rings (SSSR count). The standard InChI is InChI=1S/C14H18ClNO3S/c15-11-8-12(20-9-11)1-2-13(17)16-5-3-10(4-6-16)7-14(18)19/h8-10H,1-7H2,(H,18,19). The first-order valence-corrected chi connectivity index (χ1v) is 8.03. The van der Waals surface area contributed by atoms with Crippen molar-refractivity contribution in [2.24, 2.45) is 5.92 Å². The maximum absolute atomic E-state index is 12.1. The molecule has 1 amide bonds. The van der Waals surface area contributed by atoms with Gasteiger partial charge < -0.3 is 10.0 Å². The Bertz CT molecular complexity index is 481. The minimum atomic E-state index is -0.746. The second-order valence-corrected chi connectivity index (χ2v) is 6.59. The van der Waals surface area contributed by atoms with Crippen molar-refractivity contribution in [3.8, 4) is 0 Å². The number of carboxylic acid groups (broad SMARTS) is 1.